The maximum atomic E-state index is 12.7. The molecule has 4 nitrogen and oxygen atoms in total. The highest BCUT2D eigenvalue weighted by Crippen LogP contribution is 2.27. The van der Waals surface area contributed by atoms with E-state index in [1.165, 1.54) is 13.0 Å². The Balaban J connectivity index is 3.58. The normalized spacial score (nSPS) is 11.4. The molecule has 1 rings (SSSR count). The molecule has 0 fully saturated rings. The molecule has 1 aromatic carbocycles. The Morgan fingerprint density at radius 3 is 2.40 bits per heavy atom. The van der Waals surface area contributed by atoms with Crippen LogP contribution in [0.2, 0.25) is 0 Å². The second-order valence-corrected chi connectivity index (χ2v) is 5.01. The molecule has 1 N–H and O–H groups in total. The zero-order valence-corrected chi connectivity index (χ0v) is 9.89. The van der Waals surface area contributed by atoms with Crippen molar-refractivity contribution in [3.05, 3.63) is 27.7 Å². The lowest BCUT2D eigenvalue weighted by Crippen LogP contribution is -2.03. The van der Waals surface area contributed by atoms with Gasteiger partial charge in [0.25, 0.3) is 0 Å². The van der Waals surface area contributed by atoms with Crippen molar-refractivity contribution in [3.8, 4) is 0 Å². The summed E-state index contributed by atoms with van der Waals surface area (Å²) >= 11 is 2.85. The molecule has 0 amide bonds. The van der Waals surface area contributed by atoms with Crippen LogP contribution in [0.15, 0.2) is 21.5 Å². The lowest BCUT2D eigenvalue weighted by Gasteiger charge is -2.04. The van der Waals surface area contributed by atoms with Crippen LogP contribution < -0.4 is 0 Å². The molecule has 1 aromatic rings. The van der Waals surface area contributed by atoms with Gasteiger partial charge in [0, 0.05) is 4.47 Å². The molecule has 0 aromatic heterocycles. The number of carbonyl (C=O) groups is 1. The third-order valence-corrected chi connectivity index (χ3v) is 3.55. The quantitative estimate of drug-likeness (QED) is 0.849. The summed E-state index contributed by atoms with van der Waals surface area (Å²) in [6.45, 7) is 1.49. The number of carboxylic acid groups (broad SMARTS) is 1. The second-order valence-electron chi connectivity index (χ2n) is 2.84. The highest BCUT2D eigenvalue weighted by molar-refractivity contribution is 9.10. The van der Waals surface area contributed by atoms with Crippen molar-refractivity contribution in [2.45, 2.75) is 11.8 Å². The molecule has 82 valence electrons. The maximum Gasteiger partial charge on any atom is 0.335 e. The van der Waals surface area contributed by atoms with Crippen LogP contribution in [-0.4, -0.2) is 19.5 Å². The van der Waals surface area contributed by atoms with E-state index in [4.69, 9.17) is 5.11 Å². The van der Waals surface area contributed by atoms with Crippen LogP contribution in [0, 0.1) is 6.92 Å². The van der Waals surface area contributed by atoms with Crippen molar-refractivity contribution in [2.75, 3.05) is 0 Å². The van der Waals surface area contributed by atoms with Gasteiger partial charge >= 0.3 is 16.2 Å². The standard InChI is InChI=1S/C8H6BrFO4S/c1-4-2-6(9)7(15(10,13)14)3-5(4)8(11)12/h2-3H,1H3,(H,11,12). The summed E-state index contributed by atoms with van der Waals surface area (Å²) < 4.78 is 34.0. The van der Waals surface area contributed by atoms with E-state index in [-0.39, 0.29) is 10.0 Å². The summed E-state index contributed by atoms with van der Waals surface area (Å²) in [6.07, 6.45) is 0. The summed E-state index contributed by atoms with van der Waals surface area (Å²) in [6, 6.07) is 2.03. The number of aryl methyl sites for hydroxylation is 1. The Morgan fingerprint density at radius 2 is 2.00 bits per heavy atom. The van der Waals surface area contributed by atoms with Crippen molar-refractivity contribution in [2.24, 2.45) is 0 Å². The zero-order chi connectivity index (χ0) is 11.8. The predicted molar refractivity (Wildman–Crippen MR) is 54.1 cm³/mol. The summed E-state index contributed by atoms with van der Waals surface area (Å²) in [5, 5.41) is 8.71. The molecular formula is C8H6BrFO4S. The van der Waals surface area contributed by atoms with Crippen LogP contribution in [0.5, 0.6) is 0 Å². The van der Waals surface area contributed by atoms with Gasteiger partial charge in [-0.05, 0) is 40.5 Å². The Kier molecular flexibility index (Phi) is 3.15. The first-order valence-electron chi connectivity index (χ1n) is 3.71. The van der Waals surface area contributed by atoms with Gasteiger partial charge in [0.1, 0.15) is 4.90 Å². The van der Waals surface area contributed by atoms with Crippen molar-refractivity contribution >= 4 is 32.1 Å². The van der Waals surface area contributed by atoms with E-state index in [1.54, 1.807) is 0 Å². The van der Waals surface area contributed by atoms with Crippen LogP contribution >= 0.6 is 15.9 Å². The molecule has 0 spiro atoms. The van der Waals surface area contributed by atoms with Crippen LogP contribution in [0.1, 0.15) is 15.9 Å². The smallest absolute Gasteiger partial charge is 0.335 e. The molecule has 0 heterocycles. The molecule has 0 bridgehead atoms. The predicted octanol–water partition coefficient (Wildman–Crippen LogP) is 2.11. The number of carboxylic acids is 1. The van der Waals surface area contributed by atoms with E-state index in [0.717, 1.165) is 6.07 Å². The van der Waals surface area contributed by atoms with Crippen LogP contribution in [0.25, 0.3) is 0 Å². The fourth-order valence-corrected chi connectivity index (χ4v) is 2.66. The molecule has 0 atom stereocenters. The third-order valence-electron chi connectivity index (χ3n) is 1.77. The Hall–Kier alpha value is -0.950. The highest BCUT2D eigenvalue weighted by atomic mass is 79.9. The number of hydrogen-bond acceptors (Lipinski definition) is 3. The minimum atomic E-state index is -4.92. The van der Waals surface area contributed by atoms with Gasteiger partial charge in [-0.25, -0.2) is 4.79 Å². The fraction of sp³-hybridized carbons (Fsp3) is 0.125. The number of rotatable bonds is 2. The van der Waals surface area contributed by atoms with Crippen molar-refractivity contribution < 1.29 is 22.2 Å². The van der Waals surface area contributed by atoms with E-state index >= 15 is 0 Å². The fourth-order valence-electron chi connectivity index (χ4n) is 1.07. The molecule has 0 saturated carbocycles. The van der Waals surface area contributed by atoms with Crippen LogP contribution in [0.3, 0.4) is 0 Å². The lowest BCUT2D eigenvalue weighted by atomic mass is 10.1. The lowest BCUT2D eigenvalue weighted by molar-refractivity contribution is 0.0696. The molecule has 0 unspecified atom stereocenters. The average Bonchev–Trinajstić information content (AvgIpc) is 2.00. The summed E-state index contributed by atoms with van der Waals surface area (Å²) in [7, 11) is -4.92. The molecule has 0 aliphatic rings. The van der Waals surface area contributed by atoms with E-state index in [2.05, 4.69) is 15.9 Å². The summed E-state index contributed by atoms with van der Waals surface area (Å²) in [4.78, 5) is 10.0. The molecule has 0 aliphatic carbocycles. The first-order valence-corrected chi connectivity index (χ1v) is 5.89. The van der Waals surface area contributed by atoms with E-state index in [0.29, 0.717) is 5.56 Å². The largest absolute Gasteiger partial charge is 0.478 e. The van der Waals surface area contributed by atoms with Gasteiger partial charge in [-0.2, -0.15) is 8.42 Å². The minimum absolute atomic E-state index is 0.00694. The van der Waals surface area contributed by atoms with Crippen LogP contribution in [0.4, 0.5) is 3.89 Å². The van der Waals surface area contributed by atoms with Gasteiger partial charge in [0.2, 0.25) is 0 Å². The summed E-state index contributed by atoms with van der Waals surface area (Å²) in [5.74, 6) is -1.30. The minimum Gasteiger partial charge on any atom is -0.478 e. The number of hydrogen-bond donors (Lipinski definition) is 1. The van der Waals surface area contributed by atoms with E-state index in [1.807, 2.05) is 0 Å². The molecule has 15 heavy (non-hydrogen) atoms. The maximum absolute atomic E-state index is 12.7. The topological polar surface area (TPSA) is 71.4 Å². The van der Waals surface area contributed by atoms with E-state index in [9.17, 15) is 17.1 Å². The molecule has 0 aliphatic heterocycles. The summed E-state index contributed by atoms with van der Waals surface area (Å²) in [5.41, 5.74) is 0.108. The molecule has 7 heteroatoms. The Morgan fingerprint density at radius 1 is 1.47 bits per heavy atom. The monoisotopic (exact) mass is 296 g/mol. The van der Waals surface area contributed by atoms with Gasteiger partial charge in [-0.15, -0.1) is 3.89 Å². The first-order chi connectivity index (χ1) is 6.73. The highest BCUT2D eigenvalue weighted by Gasteiger charge is 2.20. The third kappa shape index (κ3) is 2.54. The van der Waals surface area contributed by atoms with Gasteiger partial charge in [0.15, 0.2) is 0 Å². The van der Waals surface area contributed by atoms with Crippen molar-refractivity contribution in [1.82, 2.24) is 0 Å². The van der Waals surface area contributed by atoms with Crippen molar-refractivity contribution in [1.29, 1.82) is 0 Å². The van der Waals surface area contributed by atoms with Gasteiger partial charge < -0.3 is 5.11 Å². The Bertz CT molecular complexity index is 524. The van der Waals surface area contributed by atoms with Gasteiger partial charge in [0.05, 0.1) is 5.56 Å². The number of halogens is 2. The molecular weight excluding hydrogens is 291 g/mol. The average molecular weight is 297 g/mol. The molecule has 0 radical (unpaired) electrons. The van der Waals surface area contributed by atoms with Crippen LogP contribution in [-0.2, 0) is 10.2 Å². The second kappa shape index (κ2) is 3.90. The van der Waals surface area contributed by atoms with Gasteiger partial charge in [-0.1, -0.05) is 0 Å². The van der Waals surface area contributed by atoms with E-state index < -0.39 is 21.1 Å². The Labute approximate surface area is 94.1 Å². The van der Waals surface area contributed by atoms with Crippen molar-refractivity contribution in [3.63, 3.8) is 0 Å². The zero-order valence-electron chi connectivity index (χ0n) is 7.49. The van der Waals surface area contributed by atoms with Gasteiger partial charge in [-0.3, -0.25) is 0 Å². The number of benzene rings is 1. The SMILES string of the molecule is Cc1cc(Br)c(S(=O)(=O)F)cc1C(=O)O. The molecule has 0 saturated heterocycles. The first kappa shape index (κ1) is 12.1. The number of aromatic carboxylic acids is 1.